The maximum atomic E-state index is 13.1. The van der Waals surface area contributed by atoms with Crippen molar-refractivity contribution in [2.75, 3.05) is 10.4 Å². The van der Waals surface area contributed by atoms with Gasteiger partial charge in [0.25, 0.3) is 5.91 Å². The summed E-state index contributed by atoms with van der Waals surface area (Å²) >= 11 is 0. The highest BCUT2D eigenvalue weighted by Gasteiger charge is 2.40. The molecule has 0 radical (unpaired) electrons. The van der Waals surface area contributed by atoms with Gasteiger partial charge in [0.15, 0.2) is 0 Å². The van der Waals surface area contributed by atoms with Gasteiger partial charge in [0, 0.05) is 18.2 Å². The number of fused-ring (bicyclic) bond motifs is 1. The first-order chi connectivity index (χ1) is 13.6. The predicted molar refractivity (Wildman–Crippen MR) is 112 cm³/mol. The molecule has 0 fully saturated rings. The Morgan fingerprint density at radius 1 is 0.933 bits per heavy atom. The van der Waals surface area contributed by atoms with Crippen LogP contribution in [0.1, 0.15) is 61.0 Å². The van der Waals surface area contributed by atoms with E-state index in [0.717, 1.165) is 5.06 Å². The van der Waals surface area contributed by atoms with Crippen molar-refractivity contribution < 1.29 is 28.8 Å². The van der Waals surface area contributed by atoms with E-state index in [1.54, 1.807) is 53.7 Å². The zero-order valence-corrected chi connectivity index (χ0v) is 18.6. The lowest BCUT2D eigenvalue weighted by Gasteiger charge is -2.22. The van der Waals surface area contributed by atoms with Crippen LogP contribution in [-0.2, 0) is 28.8 Å². The van der Waals surface area contributed by atoms with Gasteiger partial charge < -0.3 is 14.9 Å². The van der Waals surface area contributed by atoms with E-state index in [1.807, 2.05) is 0 Å². The van der Waals surface area contributed by atoms with E-state index < -0.39 is 28.7 Å². The minimum Gasteiger partial charge on any atom is -0.430 e. The minimum atomic E-state index is -0.851. The van der Waals surface area contributed by atoms with Gasteiger partial charge in [0.1, 0.15) is 5.76 Å². The number of allylic oxidation sites excluding steroid dienone is 1. The first-order valence-corrected chi connectivity index (χ1v) is 9.55. The fraction of sp³-hybridized carbons (Fsp3) is 0.455. The molecule has 8 heteroatoms. The Bertz CT molecular complexity index is 947. The summed E-state index contributed by atoms with van der Waals surface area (Å²) in [6.07, 6.45) is 0. The fourth-order valence-corrected chi connectivity index (χ4v) is 2.51. The van der Waals surface area contributed by atoms with Crippen LogP contribution >= 0.6 is 0 Å². The number of carbonyl (C=O) groups excluding carboxylic acids is 4. The molecular formula is C22H28N2O6. The molecule has 162 valence electrons. The smallest absolute Gasteiger partial charge is 0.338 e. The summed E-state index contributed by atoms with van der Waals surface area (Å²) in [5.41, 5.74) is -0.384. The summed E-state index contributed by atoms with van der Waals surface area (Å²) in [6.45, 7) is 13.0. The number of rotatable bonds is 3. The van der Waals surface area contributed by atoms with E-state index >= 15 is 0 Å². The lowest BCUT2D eigenvalue weighted by Crippen LogP contribution is -2.35. The second-order valence-corrected chi connectivity index (χ2v) is 9.21. The van der Waals surface area contributed by atoms with Crippen molar-refractivity contribution in [1.29, 1.82) is 0 Å². The Balaban J connectivity index is 2.56. The number of amides is 2. The van der Waals surface area contributed by atoms with Crippen molar-refractivity contribution in [3.63, 3.8) is 0 Å². The number of benzene rings is 1. The molecule has 0 saturated carbocycles. The number of ether oxygens (including phenoxy) is 1. The molecule has 1 heterocycles. The van der Waals surface area contributed by atoms with Crippen LogP contribution in [-0.4, -0.2) is 23.8 Å². The Hall–Kier alpha value is -3.16. The van der Waals surface area contributed by atoms with Crippen molar-refractivity contribution >= 4 is 40.7 Å². The standard InChI is InChI=1S/C22H28N2O6/c1-12(29-19(27)21(3,4)5)17-15-10-9-14(23-13(2)25)11-16(15)24(18(17)26)30-20(28)22(6,7)8/h9-11H,1-8H3,(H,23,25)/b17-12-. The largest absolute Gasteiger partial charge is 0.430 e. The number of esters is 1. The van der Waals surface area contributed by atoms with Crippen molar-refractivity contribution in [1.82, 2.24) is 0 Å². The SMILES string of the molecule is CC(=O)Nc1ccc2c(c1)N(OC(=O)C(C)(C)C)C(=O)/C2=C(/C)OC(=O)C(C)(C)C. The molecule has 1 aromatic carbocycles. The Kier molecular flexibility index (Phi) is 6.11. The molecule has 1 aliphatic heterocycles. The van der Waals surface area contributed by atoms with Crippen LogP contribution in [0.4, 0.5) is 11.4 Å². The molecule has 0 unspecified atom stereocenters. The average molecular weight is 416 g/mol. The molecule has 30 heavy (non-hydrogen) atoms. The Morgan fingerprint density at radius 2 is 1.50 bits per heavy atom. The zero-order valence-electron chi connectivity index (χ0n) is 18.6. The molecule has 0 saturated heterocycles. The molecule has 0 bridgehead atoms. The van der Waals surface area contributed by atoms with Crippen molar-refractivity contribution in [2.45, 2.75) is 55.4 Å². The molecule has 0 aliphatic carbocycles. The number of hydroxylamine groups is 1. The Labute approximate surface area is 176 Å². The lowest BCUT2D eigenvalue weighted by atomic mass is 9.97. The summed E-state index contributed by atoms with van der Waals surface area (Å²) < 4.78 is 5.42. The molecule has 1 aromatic rings. The van der Waals surface area contributed by atoms with E-state index in [2.05, 4.69) is 5.32 Å². The molecule has 1 N–H and O–H groups in total. The van der Waals surface area contributed by atoms with Gasteiger partial charge in [-0.25, -0.2) is 4.79 Å². The summed E-state index contributed by atoms with van der Waals surface area (Å²) in [7, 11) is 0. The van der Waals surface area contributed by atoms with E-state index in [9.17, 15) is 19.2 Å². The van der Waals surface area contributed by atoms with Crippen LogP contribution in [0.2, 0.25) is 0 Å². The monoisotopic (exact) mass is 416 g/mol. The third-order valence-electron chi connectivity index (χ3n) is 4.20. The van der Waals surface area contributed by atoms with Gasteiger partial charge in [0.2, 0.25) is 5.91 Å². The van der Waals surface area contributed by atoms with Gasteiger partial charge in [-0.15, -0.1) is 5.06 Å². The second kappa shape index (κ2) is 7.93. The van der Waals surface area contributed by atoms with Crippen LogP contribution in [0.3, 0.4) is 0 Å². The predicted octanol–water partition coefficient (Wildman–Crippen LogP) is 3.82. The average Bonchev–Trinajstić information content (AvgIpc) is 2.84. The van der Waals surface area contributed by atoms with Crippen LogP contribution in [0.25, 0.3) is 5.57 Å². The third-order valence-corrected chi connectivity index (χ3v) is 4.20. The molecule has 0 aromatic heterocycles. The van der Waals surface area contributed by atoms with E-state index in [1.165, 1.54) is 19.9 Å². The molecule has 2 amide bonds. The third kappa shape index (κ3) is 4.87. The number of hydrogen-bond donors (Lipinski definition) is 1. The fourth-order valence-electron chi connectivity index (χ4n) is 2.51. The number of nitrogens with one attached hydrogen (secondary N) is 1. The molecule has 8 nitrogen and oxygen atoms in total. The molecular weight excluding hydrogens is 388 g/mol. The van der Waals surface area contributed by atoms with Gasteiger partial charge in [0.05, 0.1) is 22.1 Å². The van der Waals surface area contributed by atoms with Crippen molar-refractivity contribution in [3.05, 3.63) is 29.5 Å². The van der Waals surface area contributed by atoms with E-state index in [4.69, 9.17) is 9.57 Å². The summed E-state index contributed by atoms with van der Waals surface area (Å²) in [5, 5.41) is 3.50. The highest BCUT2D eigenvalue weighted by Crippen LogP contribution is 2.41. The highest BCUT2D eigenvalue weighted by molar-refractivity contribution is 6.32. The van der Waals surface area contributed by atoms with Gasteiger partial charge in [-0.3, -0.25) is 14.4 Å². The number of anilines is 2. The quantitative estimate of drug-likeness (QED) is 0.457. The second-order valence-electron chi connectivity index (χ2n) is 9.21. The summed E-state index contributed by atoms with van der Waals surface area (Å²) in [5.74, 6) is -1.94. The molecule has 1 aliphatic rings. The van der Waals surface area contributed by atoms with Crippen LogP contribution in [0.5, 0.6) is 0 Å². The number of hydrogen-bond acceptors (Lipinski definition) is 6. The topological polar surface area (TPSA) is 102 Å². The summed E-state index contributed by atoms with van der Waals surface area (Å²) in [6, 6.07) is 4.74. The summed E-state index contributed by atoms with van der Waals surface area (Å²) in [4.78, 5) is 54.7. The normalized spacial score (nSPS) is 15.5. The highest BCUT2D eigenvalue weighted by atomic mass is 16.7. The van der Waals surface area contributed by atoms with Crippen LogP contribution in [0, 0.1) is 10.8 Å². The lowest BCUT2D eigenvalue weighted by molar-refractivity contribution is -0.157. The number of carbonyl (C=O) groups is 4. The van der Waals surface area contributed by atoms with Gasteiger partial charge in [-0.1, -0.05) is 0 Å². The van der Waals surface area contributed by atoms with Crippen LogP contribution < -0.4 is 10.4 Å². The van der Waals surface area contributed by atoms with Gasteiger partial charge in [-0.05, 0) is 66.7 Å². The maximum absolute atomic E-state index is 13.1. The maximum Gasteiger partial charge on any atom is 0.338 e. The molecule has 0 spiro atoms. The van der Waals surface area contributed by atoms with E-state index in [-0.39, 0.29) is 22.9 Å². The van der Waals surface area contributed by atoms with Gasteiger partial charge in [-0.2, -0.15) is 0 Å². The molecule has 2 rings (SSSR count). The zero-order chi connectivity index (χ0) is 23.0. The van der Waals surface area contributed by atoms with Crippen molar-refractivity contribution in [3.8, 4) is 0 Å². The van der Waals surface area contributed by atoms with E-state index in [0.29, 0.717) is 11.3 Å². The first-order valence-electron chi connectivity index (χ1n) is 9.55. The van der Waals surface area contributed by atoms with Crippen molar-refractivity contribution in [2.24, 2.45) is 10.8 Å². The van der Waals surface area contributed by atoms with Gasteiger partial charge >= 0.3 is 11.9 Å². The molecule has 0 atom stereocenters. The first kappa shape index (κ1) is 23.1. The van der Waals surface area contributed by atoms with Crippen LogP contribution in [0.15, 0.2) is 24.0 Å². The minimum absolute atomic E-state index is 0.0998. The number of nitrogens with zero attached hydrogens (tertiary/aromatic N) is 1. The Morgan fingerprint density at radius 3 is 2.00 bits per heavy atom.